The first-order chi connectivity index (χ1) is 9.10. The smallest absolute Gasteiger partial charge is 0.257 e. The number of hydrogen-bond donors (Lipinski definition) is 2. The second kappa shape index (κ2) is 7.94. The maximum Gasteiger partial charge on any atom is 0.257 e. The summed E-state index contributed by atoms with van der Waals surface area (Å²) >= 11 is 1.79. The summed E-state index contributed by atoms with van der Waals surface area (Å²) in [4.78, 5) is 12.2. The summed E-state index contributed by atoms with van der Waals surface area (Å²) in [5.74, 6) is 0.368. The minimum atomic E-state index is -0.171. The zero-order valence-corrected chi connectivity index (χ0v) is 12.5. The van der Waals surface area contributed by atoms with Gasteiger partial charge in [-0.1, -0.05) is 13.0 Å². The fourth-order valence-corrected chi connectivity index (χ4v) is 2.02. The summed E-state index contributed by atoms with van der Waals surface area (Å²) in [6.07, 6.45) is 3.00. The van der Waals surface area contributed by atoms with Gasteiger partial charge in [0.15, 0.2) is 0 Å². The van der Waals surface area contributed by atoms with E-state index in [1.54, 1.807) is 30.0 Å². The van der Waals surface area contributed by atoms with Crippen molar-refractivity contribution in [3.05, 3.63) is 23.8 Å². The van der Waals surface area contributed by atoms with E-state index in [0.29, 0.717) is 35.4 Å². The van der Waals surface area contributed by atoms with E-state index >= 15 is 0 Å². The third kappa shape index (κ3) is 4.67. The Morgan fingerprint density at radius 2 is 2.26 bits per heavy atom. The molecule has 0 spiro atoms. The fraction of sp³-hybridized carbons (Fsp3) is 0.500. The number of thioether (sulfide) groups is 1. The van der Waals surface area contributed by atoms with E-state index in [4.69, 9.17) is 10.5 Å². The Morgan fingerprint density at radius 1 is 1.53 bits per heavy atom. The van der Waals surface area contributed by atoms with Crippen molar-refractivity contribution in [1.29, 1.82) is 0 Å². The van der Waals surface area contributed by atoms with Crippen molar-refractivity contribution in [2.75, 3.05) is 25.1 Å². The molecule has 0 aliphatic carbocycles. The number of carbonyl (C=O) groups excluding carboxylic acids is 1. The molecule has 106 valence electrons. The van der Waals surface area contributed by atoms with Crippen LogP contribution in [0.2, 0.25) is 0 Å². The molecule has 0 aliphatic rings. The Kier molecular flexibility index (Phi) is 6.56. The van der Waals surface area contributed by atoms with Crippen molar-refractivity contribution in [2.24, 2.45) is 0 Å². The van der Waals surface area contributed by atoms with E-state index in [-0.39, 0.29) is 5.91 Å². The van der Waals surface area contributed by atoms with E-state index in [1.807, 2.05) is 6.92 Å². The third-order valence-electron chi connectivity index (χ3n) is 2.82. The molecule has 1 aromatic rings. The van der Waals surface area contributed by atoms with Crippen LogP contribution in [0.15, 0.2) is 18.2 Å². The van der Waals surface area contributed by atoms with E-state index < -0.39 is 0 Å². The van der Waals surface area contributed by atoms with Crippen molar-refractivity contribution in [2.45, 2.75) is 25.5 Å². The number of hydrogen-bond acceptors (Lipinski definition) is 4. The molecule has 0 bridgehead atoms. The van der Waals surface area contributed by atoms with Crippen LogP contribution in [-0.4, -0.2) is 30.6 Å². The molecule has 1 atom stereocenters. The molecular weight excluding hydrogens is 260 g/mol. The van der Waals surface area contributed by atoms with Crippen LogP contribution in [0.1, 0.15) is 30.6 Å². The predicted molar refractivity (Wildman–Crippen MR) is 82.0 cm³/mol. The Bertz CT molecular complexity index is 424. The molecule has 0 aromatic heterocycles. The Labute approximate surface area is 119 Å². The number of benzene rings is 1. The van der Waals surface area contributed by atoms with Crippen molar-refractivity contribution in [3.8, 4) is 5.75 Å². The standard InChI is InChI=1S/C14H22N2O2S/c1-4-18-12-7-5-6-11(15)13(12)14(17)16-9-8-10(2)19-3/h5-7,10H,4,8-9,15H2,1-3H3,(H,16,17). The third-order valence-corrected chi connectivity index (χ3v) is 3.86. The number of anilines is 1. The van der Waals surface area contributed by atoms with Gasteiger partial charge in [-0.2, -0.15) is 11.8 Å². The molecular formula is C14H22N2O2S. The number of nitrogen functional groups attached to an aromatic ring is 1. The maximum atomic E-state index is 12.2. The average molecular weight is 282 g/mol. The summed E-state index contributed by atoms with van der Waals surface area (Å²) in [6, 6.07) is 5.26. The van der Waals surface area contributed by atoms with E-state index in [1.165, 1.54) is 0 Å². The minimum Gasteiger partial charge on any atom is -0.493 e. The molecule has 4 nitrogen and oxygen atoms in total. The average Bonchev–Trinajstić information content (AvgIpc) is 2.38. The normalized spacial score (nSPS) is 11.9. The fourth-order valence-electron chi connectivity index (χ4n) is 1.66. The maximum absolute atomic E-state index is 12.2. The Hall–Kier alpha value is -1.36. The molecule has 0 aliphatic heterocycles. The molecule has 1 aromatic carbocycles. The number of nitrogens with one attached hydrogen (secondary N) is 1. The zero-order chi connectivity index (χ0) is 14.3. The SMILES string of the molecule is CCOc1cccc(N)c1C(=O)NCCC(C)SC. The van der Waals surface area contributed by atoms with Crippen LogP contribution in [0.25, 0.3) is 0 Å². The van der Waals surface area contributed by atoms with Gasteiger partial charge in [0.1, 0.15) is 11.3 Å². The number of nitrogens with two attached hydrogens (primary N) is 1. The molecule has 19 heavy (non-hydrogen) atoms. The van der Waals surface area contributed by atoms with Gasteiger partial charge in [0.05, 0.1) is 6.61 Å². The molecule has 1 rings (SSSR count). The van der Waals surface area contributed by atoms with Crippen molar-refractivity contribution >= 4 is 23.4 Å². The van der Waals surface area contributed by atoms with Gasteiger partial charge < -0.3 is 15.8 Å². The quantitative estimate of drug-likeness (QED) is 0.754. The molecule has 5 heteroatoms. The number of ether oxygens (including phenoxy) is 1. The van der Waals surface area contributed by atoms with Gasteiger partial charge in [0.2, 0.25) is 0 Å². The van der Waals surface area contributed by atoms with Gasteiger partial charge in [-0.25, -0.2) is 0 Å². The number of carbonyl (C=O) groups is 1. The molecule has 0 saturated heterocycles. The largest absolute Gasteiger partial charge is 0.493 e. The van der Waals surface area contributed by atoms with Crippen LogP contribution in [0.4, 0.5) is 5.69 Å². The molecule has 0 saturated carbocycles. The molecule has 3 N–H and O–H groups in total. The molecule has 1 amide bonds. The van der Waals surface area contributed by atoms with Crippen LogP contribution < -0.4 is 15.8 Å². The molecule has 1 unspecified atom stereocenters. The summed E-state index contributed by atoms with van der Waals surface area (Å²) in [7, 11) is 0. The van der Waals surface area contributed by atoms with E-state index in [0.717, 1.165) is 6.42 Å². The lowest BCUT2D eigenvalue weighted by Gasteiger charge is -2.13. The zero-order valence-electron chi connectivity index (χ0n) is 11.7. The lowest BCUT2D eigenvalue weighted by molar-refractivity contribution is 0.0950. The Balaban J connectivity index is 2.70. The topological polar surface area (TPSA) is 64.3 Å². The Morgan fingerprint density at radius 3 is 2.89 bits per heavy atom. The molecule has 0 radical (unpaired) electrons. The molecule has 0 fully saturated rings. The van der Waals surface area contributed by atoms with Gasteiger partial charge in [-0.15, -0.1) is 0 Å². The summed E-state index contributed by atoms with van der Waals surface area (Å²) < 4.78 is 5.44. The minimum absolute atomic E-state index is 0.171. The first kappa shape index (κ1) is 15.7. The molecule has 0 heterocycles. The summed E-state index contributed by atoms with van der Waals surface area (Å²) in [5, 5.41) is 3.42. The van der Waals surface area contributed by atoms with Crippen LogP contribution in [0.5, 0.6) is 5.75 Å². The highest BCUT2D eigenvalue weighted by atomic mass is 32.2. The highest BCUT2D eigenvalue weighted by molar-refractivity contribution is 7.99. The van der Waals surface area contributed by atoms with Gasteiger partial charge >= 0.3 is 0 Å². The van der Waals surface area contributed by atoms with Gasteiger partial charge in [0, 0.05) is 17.5 Å². The van der Waals surface area contributed by atoms with Gasteiger partial charge in [-0.05, 0) is 31.7 Å². The highest BCUT2D eigenvalue weighted by Gasteiger charge is 2.15. The predicted octanol–water partition coefficient (Wildman–Crippen LogP) is 2.54. The van der Waals surface area contributed by atoms with Crippen LogP contribution >= 0.6 is 11.8 Å². The van der Waals surface area contributed by atoms with Crippen molar-refractivity contribution < 1.29 is 9.53 Å². The second-order valence-corrected chi connectivity index (χ2v) is 5.52. The van der Waals surface area contributed by atoms with Gasteiger partial charge in [0.25, 0.3) is 5.91 Å². The monoisotopic (exact) mass is 282 g/mol. The van der Waals surface area contributed by atoms with Gasteiger partial charge in [-0.3, -0.25) is 4.79 Å². The number of rotatable bonds is 7. The van der Waals surface area contributed by atoms with E-state index in [2.05, 4.69) is 18.5 Å². The first-order valence-corrected chi connectivity index (χ1v) is 7.71. The van der Waals surface area contributed by atoms with Crippen molar-refractivity contribution in [3.63, 3.8) is 0 Å². The summed E-state index contributed by atoms with van der Waals surface area (Å²) in [5.41, 5.74) is 6.74. The number of amides is 1. The lowest BCUT2D eigenvalue weighted by atomic mass is 10.1. The van der Waals surface area contributed by atoms with E-state index in [9.17, 15) is 4.79 Å². The van der Waals surface area contributed by atoms with Crippen LogP contribution in [0, 0.1) is 0 Å². The van der Waals surface area contributed by atoms with Crippen molar-refractivity contribution in [1.82, 2.24) is 5.32 Å². The lowest BCUT2D eigenvalue weighted by Crippen LogP contribution is -2.27. The second-order valence-electron chi connectivity index (χ2n) is 4.24. The van der Waals surface area contributed by atoms with Crippen LogP contribution in [0.3, 0.4) is 0 Å². The summed E-state index contributed by atoms with van der Waals surface area (Å²) in [6.45, 7) is 5.17. The first-order valence-electron chi connectivity index (χ1n) is 6.42. The highest BCUT2D eigenvalue weighted by Crippen LogP contribution is 2.24. The van der Waals surface area contributed by atoms with Crippen LogP contribution in [-0.2, 0) is 0 Å².